The predicted octanol–water partition coefficient (Wildman–Crippen LogP) is 3.57. The van der Waals surface area contributed by atoms with Gasteiger partial charge in [0.1, 0.15) is 0 Å². The molecule has 9 heteroatoms. The summed E-state index contributed by atoms with van der Waals surface area (Å²) in [5.41, 5.74) is 0.504. The largest absolute Gasteiger partial charge is 0.383 e. The molecule has 2 aromatic rings. The average molecular weight is 463 g/mol. The number of nitrogens with zero attached hydrogens (tertiary/aromatic N) is 2. The number of fused-ring (bicyclic) bond motifs is 1. The third-order valence-corrected chi connectivity index (χ3v) is 5.89. The molecule has 8 nitrogen and oxygen atoms in total. The number of ether oxygens (including phenoxy) is 1. The van der Waals surface area contributed by atoms with Gasteiger partial charge in [-0.05, 0) is 24.5 Å². The summed E-state index contributed by atoms with van der Waals surface area (Å²) >= 11 is 1.16. The van der Waals surface area contributed by atoms with Crippen molar-refractivity contribution in [2.24, 2.45) is 5.92 Å². The van der Waals surface area contributed by atoms with Crippen LogP contribution in [-0.4, -0.2) is 47.5 Å². The van der Waals surface area contributed by atoms with E-state index in [0.717, 1.165) is 31.0 Å². The van der Waals surface area contributed by atoms with E-state index in [1.165, 1.54) is 20.0 Å². The zero-order valence-electron chi connectivity index (χ0n) is 19.2. The Labute approximate surface area is 193 Å². The number of carbonyl (C=O) groups excluding carboxylic acids is 2. The van der Waals surface area contributed by atoms with Crippen molar-refractivity contribution < 1.29 is 14.3 Å². The third kappa shape index (κ3) is 8.63. The molecule has 0 aliphatic carbocycles. The fourth-order valence-corrected chi connectivity index (χ4v) is 4.06. The minimum atomic E-state index is -0.571. The number of thioether (sulfide) groups is 1. The normalized spacial score (nSPS) is 11.1. The first-order valence-corrected chi connectivity index (χ1v) is 12.1. The molecule has 0 saturated carbocycles. The van der Waals surface area contributed by atoms with Gasteiger partial charge in [-0.15, -0.1) is 0 Å². The Bertz CT molecular complexity index is 945. The maximum absolute atomic E-state index is 13.1. The molecular weight excluding hydrogens is 428 g/mol. The van der Waals surface area contributed by atoms with Crippen molar-refractivity contribution in [1.29, 1.82) is 0 Å². The van der Waals surface area contributed by atoms with Crippen LogP contribution in [0.15, 0.2) is 34.2 Å². The SMILES string of the molecule is COCCNC(=O)NC(=O)CSc1nc2ccccc2c(=O)n1CCCCCCC(C)C. The van der Waals surface area contributed by atoms with E-state index in [4.69, 9.17) is 4.74 Å². The van der Waals surface area contributed by atoms with E-state index in [9.17, 15) is 14.4 Å². The number of imide groups is 1. The highest BCUT2D eigenvalue weighted by molar-refractivity contribution is 7.99. The Morgan fingerprint density at radius 3 is 2.66 bits per heavy atom. The maximum Gasteiger partial charge on any atom is 0.321 e. The molecule has 3 amide bonds. The number of hydrogen-bond donors (Lipinski definition) is 2. The first-order chi connectivity index (χ1) is 15.4. The molecule has 1 heterocycles. The van der Waals surface area contributed by atoms with Crippen molar-refractivity contribution in [2.75, 3.05) is 26.0 Å². The van der Waals surface area contributed by atoms with Crippen LogP contribution < -0.4 is 16.2 Å². The van der Waals surface area contributed by atoms with E-state index < -0.39 is 11.9 Å². The van der Waals surface area contributed by atoms with Crippen LogP contribution in [0, 0.1) is 5.92 Å². The van der Waals surface area contributed by atoms with E-state index >= 15 is 0 Å². The van der Waals surface area contributed by atoms with Crippen molar-refractivity contribution >= 4 is 34.6 Å². The molecule has 0 bridgehead atoms. The van der Waals surface area contributed by atoms with E-state index in [-0.39, 0.29) is 11.3 Å². The van der Waals surface area contributed by atoms with E-state index in [1.54, 1.807) is 16.7 Å². The Balaban J connectivity index is 2.02. The van der Waals surface area contributed by atoms with Crippen molar-refractivity contribution in [2.45, 2.75) is 57.7 Å². The maximum atomic E-state index is 13.1. The summed E-state index contributed by atoms with van der Waals surface area (Å²) in [6.45, 7) is 5.68. The second-order valence-corrected chi connectivity index (χ2v) is 8.99. The fraction of sp³-hybridized carbons (Fsp3) is 0.565. The first-order valence-electron chi connectivity index (χ1n) is 11.1. The first kappa shape index (κ1) is 25.9. The number of hydrogen-bond acceptors (Lipinski definition) is 6. The molecule has 0 saturated heterocycles. The number of benzene rings is 1. The molecule has 0 aliphatic rings. The molecule has 2 N–H and O–H groups in total. The van der Waals surface area contributed by atoms with Gasteiger partial charge >= 0.3 is 6.03 Å². The summed E-state index contributed by atoms with van der Waals surface area (Å²) in [4.78, 5) is 41.6. The minimum Gasteiger partial charge on any atom is -0.383 e. The summed E-state index contributed by atoms with van der Waals surface area (Å²) in [5, 5.41) is 5.87. The van der Waals surface area contributed by atoms with Crippen molar-refractivity contribution in [3.63, 3.8) is 0 Å². The third-order valence-electron chi connectivity index (χ3n) is 4.92. The van der Waals surface area contributed by atoms with Crippen LogP contribution in [-0.2, 0) is 16.1 Å². The van der Waals surface area contributed by atoms with Gasteiger partial charge in [0.2, 0.25) is 5.91 Å². The summed E-state index contributed by atoms with van der Waals surface area (Å²) in [7, 11) is 1.53. The van der Waals surface area contributed by atoms with Crippen LogP contribution in [0.5, 0.6) is 0 Å². The second kappa shape index (κ2) is 13.9. The van der Waals surface area contributed by atoms with Crippen LogP contribution in [0.1, 0.15) is 46.0 Å². The van der Waals surface area contributed by atoms with Gasteiger partial charge in [0, 0.05) is 20.2 Å². The molecule has 32 heavy (non-hydrogen) atoms. The lowest BCUT2D eigenvalue weighted by Gasteiger charge is -2.13. The highest BCUT2D eigenvalue weighted by atomic mass is 32.2. The highest BCUT2D eigenvalue weighted by Crippen LogP contribution is 2.19. The highest BCUT2D eigenvalue weighted by Gasteiger charge is 2.14. The number of nitrogens with one attached hydrogen (secondary N) is 2. The number of urea groups is 1. The Kier molecular flexibility index (Phi) is 11.2. The van der Waals surface area contributed by atoms with Gasteiger partial charge in [0.15, 0.2) is 5.16 Å². The van der Waals surface area contributed by atoms with E-state index in [1.807, 2.05) is 12.1 Å². The van der Waals surface area contributed by atoms with Crippen LogP contribution in [0.2, 0.25) is 0 Å². The topological polar surface area (TPSA) is 102 Å². The van der Waals surface area contributed by atoms with E-state index in [2.05, 4.69) is 29.5 Å². The summed E-state index contributed by atoms with van der Waals surface area (Å²) in [6.07, 6.45) is 5.46. The number of rotatable bonds is 13. The van der Waals surface area contributed by atoms with Crippen LogP contribution in [0.3, 0.4) is 0 Å². The number of unbranched alkanes of at least 4 members (excludes halogenated alkanes) is 3. The van der Waals surface area contributed by atoms with Gasteiger partial charge in [0.25, 0.3) is 5.56 Å². The van der Waals surface area contributed by atoms with Gasteiger partial charge in [-0.1, -0.05) is 63.4 Å². The number of carbonyl (C=O) groups is 2. The van der Waals surface area contributed by atoms with E-state index in [0.29, 0.717) is 41.7 Å². The molecule has 176 valence electrons. The summed E-state index contributed by atoms with van der Waals surface area (Å²) < 4.78 is 6.51. The minimum absolute atomic E-state index is 0.0170. The smallest absolute Gasteiger partial charge is 0.321 e. The van der Waals surface area contributed by atoms with Gasteiger partial charge in [-0.25, -0.2) is 9.78 Å². The Morgan fingerprint density at radius 1 is 1.16 bits per heavy atom. The van der Waals surface area contributed by atoms with Crippen LogP contribution in [0.4, 0.5) is 4.79 Å². The van der Waals surface area contributed by atoms with Crippen LogP contribution in [0.25, 0.3) is 10.9 Å². The Morgan fingerprint density at radius 2 is 1.91 bits per heavy atom. The average Bonchev–Trinajstić information content (AvgIpc) is 2.76. The monoisotopic (exact) mass is 462 g/mol. The fourth-order valence-electron chi connectivity index (χ4n) is 3.23. The van der Waals surface area contributed by atoms with Crippen molar-refractivity contribution in [1.82, 2.24) is 20.2 Å². The number of amides is 3. The van der Waals surface area contributed by atoms with Crippen molar-refractivity contribution in [3.05, 3.63) is 34.6 Å². The predicted molar refractivity (Wildman–Crippen MR) is 128 cm³/mol. The Hall–Kier alpha value is -2.39. The quantitative estimate of drug-likeness (QED) is 0.268. The molecule has 0 spiro atoms. The molecule has 0 radical (unpaired) electrons. The second-order valence-electron chi connectivity index (χ2n) is 8.05. The lowest BCUT2D eigenvalue weighted by Crippen LogP contribution is -2.41. The van der Waals surface area contributed by atoms with Gasteiger partial charge in [0.05, 0.1) is 23.3 Å². The summed E-state index contributed by atoms with van der Waals surface area (Å²) in [6, 6.07) is 6.65. The lowest BCUT2D eigenvalue weighted by atomic mass is 10.0. The van der Waals surface area contributed by atoms with Gasteiger partial charge in [-0.3, -0.25) is 19.5 Å². The van der Waals surface area contributed by atoms with Gasteiger partial charge < -0.3 is 10.1 Å². The lowest BCUT2D eigenvalue weighted by molar-refractivity contribution is -0.117. The summed E-state index contributed by atoms with van der Waals surface area (Å²) in [5.74, 6) is 0.239. The molecule has 1 aromatic carbocycles. The van der Waals surface area contributed by atoms with Crippen LogP contribution >= 0.6 is 11.8 Å². The molecule has 0 aliphatic heterocycles. The zero-order valence-corrected chi connectivity index (χ0v) is 20.0. The molecule has 0 atom stereocenters. The van der Waals surface area contributed by atoms with Crippen molar-refractivity contribution in [3.8, 4) is 0 Å². The number of methoxy groups -OCH3 is 1. The number of para-hydroxylation sites is 1. The number of aromatic nitrogens is 2. The van der Waals surface area contributed by atoms with Gasteiger partial charge in [-0.2, -0.15) is 0 Å². The molecule has 0 unspecified atom stereocenters. The molecule has 2 rings (SSSR count). The molecule has 1 aromatic heterocycles. The zero-order chi connectivity index (χ0) is 23.3. The molecule has 0 fully saturated rings. The molecular formula is C23H34N4O4S. The standard InChI is InChI=1S/C23H34N4O4S/c1-17(2)10-6-4-5-9-14-27-21(29)18-11-7-8-12-19(18)25-23(27)32-16-20(28)26-22(30)24-13-15-31-3/h7-8,11-12,17H,4-6,9-10,13-16H2,1-3H3,(H2,24,26,28,30).